The Morgan fingerprint density at radius 3 is 2.29 bits per heavy atom. The van der Waals surface area contributed by atoms with Gasteiger partial charge in [-0.2, -0.15) is 13.5 Å². The highest BCUT2D eigenvalue weighted by Gasteiger charge is 2.18. The molecule has 0 aliphatic heterocycles. The van der Waals surface area contributed by atoms with Gasteiger partial charge in [0.1, 0.15) is 4.90 Å². The van der Waals surface area contributed by atoms with Crippen molar-refractivity contribution < 1.29 is 26.9 Å². The summed E-state index contributed by atoms with van der Waals surface area (Å²) in [6, 6.07) is 17.7. The predicted octanol–water partition coefficient (Wildman–Crippen LogP) is 4.32. The van der Waals surface area contributed by atoms with E-state index in [-0.39, 0.29) is 10.6 Å². The van der Waals surface area contributed by atoms with Crippen molar-refractivity contribution in [3.05, 3.63) is 83.4 Å². The van der Waals surface area contributed by atoms with Crippen LogP contribution in [0.15, 0.2) is 76.7 Å². The molecule has 0 aromatic heterocycles. The summed E-state index contributed by atoms with van der Waals surface area (Å²) in [4.78, 5) is 12.6. The largest absolute Gasteiger partial charge is 0.490 e. The number of hydrogen-bond acceptors (Lipinski definition) is 7. The molecule has 0 heterocycles. The van der Waals surface area contributed by atoms with Crippen LogP contribution in [0.4, 0.5) is 0 Å². The van der Waals surface area contributed by atoms with Crippen LogP contribution in [0.1, 0.15) is 35.3 Å². The minimum Gasteiger partial charge on any atom is -0.490 e. The Bertz CT molecular complexity index is 1270. The number of carbonyl (C=O) groups excluding carboxylic acids is 1. The molecule has 1 N–H and O–H groups in total. The fraction of sp³-hybridized carbons (Fsp3) is 0.200. The van der Waals surface area contributed by atoms with Gasteiger partial charge in [-0.1, -0.05) is 29.8 Å². The molecule has 1 amide bonds. The van der Waals surface area contributed by atoms with Crippen LogP contribution < -0.4 is 19.1 Å². The Morgan fingerprint density at radius 2 is 1.59 bits per heavy atom. The van der Waals surface area contributed by atoms with Gasteiger partial charge in [-0.15, -0.1) is 0 Å². The standard InChI is InChI=1S/C25H26N2O6S/c1-4-31-23-15-12-19(16-24(23)32-5-2)25(28)27-26-17-20-8-6-7-9-22(20)33-34(29,30)21-13-10-18(3)11-14-21/h6-17H,4-5H2,1-3H3,(H,27,28)/b26-17+. The first kappa shape index (κ1) is 24.8. The fourth-order valence-corrected chi connectivity index (χ4v) is 3.91. The summed E-state index contributed by atoms with van der Waals surface area (Å²) in [5, 5.41) is 3.96. The Labute approximate surface area is 199 Å². The van der Waals surface area contributed by atoms with Gasteiger partial charge in [-0.05, 0) is 63.2 Å². The highest BCUT2D eigenvalue weighted by Crippen LogP contribution is 2.28. The molecule has 0 fully saturated rings. The molecule has 0 unspecified atom stereocenters. The molecule has 0 bridgehead atoms. The number of carbonyl (C=O) groups is 1. The fourth-order valence-electron chi connectivity index (χ4n) is 2.95. The molecule has 0 aliphatic rings. The average molecular weight is 483 g/mol. The van der Waals surface area contributed by atoms with Gasteiger partial charge in [-0.25, -0.2) is 5.43 Å². The molecular weight excluding hydrogens is 456 g/mol. The maximum Gasteiger partial charge on any atom is 0.339 e. The first-order chi connectivity index (χ1) is 16.3. The highest BCUT2D eigenvalue weighted by molar-refractivity contribution is 7.87. The number of amides is 1. The molecule has 0 radical (unpaired) electrons. The van der Waals surface area contributed by atoms with Crippen LogP contribution in [0, 0.1) is 6.92 Å². The zero-order valence-electron chi connectivity index (χ0n) is 19.1. The lowest BCUT2D eigenvalue weighted by Crippen LogP contribution is -2.18. The van der Waals surface area contributed by atoms with Gasteiger partial charge in [0, 0.05) is 11.1 Å². The van der Waals surface area contributed by atoms with E-state index in [2.05, 4.69) is 10.5 Å². The van der Waals surface area contributed by atoms with Crippen LogP contribution in [0.2, 0.25) is 0 Å². The summed E-state index contributed by atoms with van der Waals surface area (Å²) in [7, 11) is -4.03. The Hall–Kier alpha value is -3.85. The molecule has 3 aromatic rings. The maximum atomic E-state index is 12.6. The van der Waals surface area contributed by atoms with E-state index in [1.54, 1.807) is 48.5 Å². The van der Waals surface area contributed by atoms with Crippen molar-refractivity contribution in [3.8, 4) is 17.2 Å². The van der Waals surface area contributed by atoms with Crippen molar-refractivity contribution in [1.82, 2.24) is 5.43 Å². The van der Waals surface area contributed by atoms with Crippen LogP contribution in [0.25, 0.3) is 0 Å². The zero-order chi connectivity index (χ0) is 24.6. The number of rotatable bonds is 10. The van der Waals surface area contributed by atoms with Gasteiger partial charge in [-0.3, -0.25) is 4.79 Å². The van der Waals surface area contributed by atoms with Crippen molar-refractivity contribution in [3.63, 3.8) is 0 Å². The Morgan fingerprint density at radius 1 is 0.912 bits per heavy atom. The number of benzene rings is 3. The summed E-state index contributed by atoms with van der Waals surface area (Å²) in [6.45, 7) is 6.45. The smallest absolute Gasteiger partial charge is 0.339 e. The van der Waals surface area contributed by atoms with E-state index in [0.29, 0.717) is 35.8 Å². The number of nitrogens with one attached hydrogen (secondary N) is 1. The topological polar surface area (TPSA) is 103 Å². The zero-order valence-corrected chi connectivity index (χ0v) is 20.0. The maximum absolute atomic E-state index is 12.6. The van der Waals surface area contributed by atoms with E-state index < -0.39 is 16.0 Å². The van der Waals surface area contributed by atoms with E-state index in [4.69, 9.17) is 13.7 Å². The third-order valence-electron chi connectivity index (χ3n) is 4.60. The minimum atomic E-state index is -4.03. The van der Waals surface area contributed by atoms with Gasteiger partial charge < -0.3 is 13.7 Å². The van der Waals surface area contributed by atoms with Gasteiger partial charge >= 0.3 is 10.1 Å². The van der Waals surface area contributed by atoms with Gasteiger partial charge in [0.25, 0.3) is 5.91 Å². The monoisotopic (exact) mass is 482 g/mol. The molecule has 0 atom stereocenters. The second kappa shape index (κ2) is 11.3. The van der Waals surface area contributed by atoms with Crippen LogP contribution in [-0.4, -0.2) is 33.8 Å². The van der Waals surface area contributed by atoms with Gasteiger partial charge in [0.15, 0.2) is 17.2 Å². The molecular formula is C25H26N2O6S. The lowest BCUT2D eigenvalue weighted by molar-refractivity contribution is 0.0954. The summed E-state index contributed by atoms with van der Waals surface area (Å²) >= 11 is 0. The number of para-hydroxylation sites is 1. The van der Waals surface area contributed by atoms with Crippen molar-refractivity contribution >= 4 is 22.2 Å². The Balaban J connectivity index is 1.74. The normalized spacial score (nSPS) is 11.3. The molecule has 0 saturated carbocycles. The molecule has 0 saturated heterocycles. The molecule has 3 aromatic carbocycles. The lowest BCUT2D eigenvalue weighted by Gasteiger charge is -2.12. The molecule has 9 heteroatoms. The van der Waals surface area contributed by atoms with Crippen LogP contribution in [0.3, 0.4) is 0 Å². The molecule has 34 heavy (non-hydrogen) atoms. The Kier molecular flexibility index (Phi) is 8.26. The van der Waals surface area contributed by atoms with Gasteiger partial charge in [0.05, 0.1) is 19.4 Å². The van der Waals surface area contributed by atoms with Crippen molar-refractivity contribution in [2.24, 2.45) is 5.10 Å². The van der Waals surface area contributed by atoms with E-state index >= 15 is 0 Å². The summed E-state index contributed by atoms with van der Waals surface area (Å²) in [5.74, 6) is 0.623. The molecule has 0 aliphatic carbocycles. The number of hydrogen-bond donors (Lipinski definition) is 1. The number of ether oxygens (including phenoxy) is 2. The summed E-state index contributed by atoms with van der Waals surface area (Å²) in [6.07, 6.45) is 1.32. The quantitative estimate of drug-likeness (QED) is 0.262. The SMILES string of the molecule is CCOc1ccc(C(=O)N/N=C/c2ccccc2OS(=O)(=O)c2ccc(C)cc2)cc1OCC. The number of aryl methyl sites for hydroxylation is 1. The van der Waals surface area contributed by atoms with Crippen molar-refractivity contribution in [1.29, 1.82) is 0 Å². The summed E-state index contributed by atoms with van der Waals surface area (Å²) in [5.41, 5.74) is 4.06. The van der Waals surface area contributed by atoms with Gasteiger partial charge in [0.2, 0.25) is 0 Å². The number of nitrogens with zero attached hydrogens (tertiary/aromatic N) is 1. The van der Waals surface area contributed by atoms with E-state index in [1.165, 1.54) is 24.4 Å². The van der Waals surface area contributed by atoms with Crippen molar-refractivity contribution in [2.45, 2.75) is 25.7 Å². The van der Waals surface area contributed by atoms with E-state index in [0.717, 1.165) is 5.56 Å². The highest BCUT2D eigenvalue weighted by atomic mass is 32.2. The second-order valence-electron chi connectivity index (χ2n) is 7.12. The third kappa shape index (κ3) is 6.35. The first-order valence-corrected chi connectivity index (χ1v) is 12.1. The summed E-state index contributed by atoms with van der Waals surface area (Å²) < 4.78 is 41.6. The molecule has 178 valence electrons. The third-order valence-corrected chi connectivity index (χ3v) is 5.85. The lowest BCUT2D eigenvalue weighted by atomic mass is 10.2. The van der Waals surface area contributed by atoms with Crippen molar-refractivity contribution in [2.75, 3.05) is 13.2 Å². The van der Waals surface area contributed by atoms with E-state index in [1.807, 2.05) is 20.8 Å². The molecule has 0 spiro atoms. The second-order valence-corrected chi connectivity index (χ2v) is 8.66. The first-order valence-electron chi connectivity index (χ1n) is 10.7. The van der Waals surface area contributed by atoms with Crippen LogP contribution in [-0.2, 0) is 10.1 Å². The predicted molar refractivity (Wildman–Crippen MR) is 129 cm³/mol. The molecule has 3 rings (SSSR count). The minimum absolute atomic E-state index is 0.0405. The van der Waals surface area contributed by atoms with E-state index in [9.17, 15) is 13.2 Å². The average Bonchev–Trinajstić information content (AvgIpc) is 2.81. The van der Waals surface area contributed by atoms with Crippen LogP contribution >= 0.6 is 0 Å². The van der Waals surface area contributed by atoms with Crippen LogP contribution in [0.5, 0.6) is 17.2 Å². The molecule has 8 nitrogen and oxygen atoms in total. The number of hydrazone groups is 1.